The summed E-state index contributed by atoms with van der Waals surface area (Å²) in [7, 11) is 1.61. The number of hydrogen-bond acceptors (Lipinski definition) is 4. The Bertz CT molecular complexity index is 609. The van der Waals surface area contributed by atoms with E-state index in [4.69, 9.17) is 4.52 Å². The van der Waals surface area contributed by atoms with Crippen molar-refractivity contribution < 1.29 is 18.0 Å². The van der Waals surface area contributed by atoms with Crippen molar-refractivity contribution in [1.82, 2.24) is 15.8 Å². The summed E-state index contributed by atoms with van der Waals surface area (Å²) in [5.74, 6) is 0.645. The molecule has 1 aromatic heterocycles. The number of benzene rings is 1. The number of hydrogen-bond donors (Lipinski definition) is 2. The van der Waals surface area contributed by atoms with Crippen molar-refractivity contribution >= 4 is 29.9 Å². The molecule has 1 aromatic carbocycles. The molecule has 0 saturated carbocycles. The zero-order valence-corrected chi connectivity index (χ0v) is 14.7. The summed E-state index contributed by atoms with van der Waals surface area (Å²) < 4.78 is 33.9. The summed E-state index contributed by atoms with van der Waals surface area (Å²) in [5.41, 5.74) is 1.33. The molecule has 0 saturated heterocycles. The first-order valence-corrected chi connectivity index (χ1v) is 6.55. The second kappa shape index (κ2) is 9.98. The van der Waals surface area contributed by atoms with Crippen molar-refractivity contribution in [3.05, 3.63) is 47.9 Å². The number of rotatable bonds is 6. The SMILES string of the molecule is CN=C(NCc1ccon1)NCc1ccccc1OC(F)F.I. The van der Waals surface area contributed by atoms with E-state index in [1.54, 1.807) is 31.3 Å². The molecule has 23 heavy (non-hydrogen) atoms. The van der Waals surface area contributed by atoms with E-state index in [1.165, 1.54) is 12.3 Å². The first-order chi connectivity index (χ1) is 10.7. The van der Waals surface area contributed by atoms with Crippen LogP contribution in [-0.2, 0) is 13.1 Å². The van der Waals surface area contributed by atoms with E-state index in [-0.39, 0.29) is 29.7 Å². The van der Waals surface area contributed by atoms with Crippen LogP contribution in [0.4, 0.5) is 8.78 Å². The summed E-state index contributed by atoms with van der Waals surface area (Å²) in [6, 6.07) is 8.32. The second-order valence-corrected chi connectivity index (χ2v) is 4.26. The Morgan fingerprint density at radius 2 is 2.00 bits per heavy atom. The number of guanidine groups is 1. The second-order valence-electron chi connectivity index (χ2n) is 4.26. The maximum Gasteiger partial charge on any atom is 0.387 e. The van der Waals surface area contributed by atoms with Gasteiger partial charge in [0.25, 0.3) is 0 Å². The summed E-state index contributed by atoms with van der Waals surface area (Å²) in [6.07, 6.45) is 1.48. The molecule has 6 nitrogen and oxygen atoms in total. The normalized spacial score (nSPS) is 11.0. The van der Waals surface area contributed by atoms with Gasteiger partial charge in [-0.25, -0.2) is 0 Å². The standard InChI is InChI=1S/C14H16F2N4O2.HI/c1-17-14(19-9-11-6-7-21-20-11)18-8-10-4-2-3-5-12(10)22-13(15)16;/h2-7,13H,8-9H2,1H3,(H2,17,18,19);1H. The molecule has 0 aliphatic carbocycles. The molecule has 0 atom stereocenters. The number of ether oxygens (including phenoxy) is 1. The molecule has 0 amide bonds. The van der Waals surface area contributed by atoms with Gasteiger partial charge in [-0.2, -0.15) is 8.78 Å². The lowest BCUT2D eigenvalue weighted by Crippen LogP contribution is -2.36. The first kappa shape index (κ1) is 19.1. The average molecular weight is 438 g/mol. The van der Waals surface area contributed by atoms with Crippen molar-refractivity contribution in [2.45, 2.75) is 19.7 Å². The first-order valence-electron chi connectivity index (χ1n) is 6.55. The molecule has 2 rings (SSSR count). The van der Waals surface area contributed by atoms with Crippen molar-refractivity contribution in [1.29, 1.82) is 0 Å². The van der Waals surface area contributed by atoms with E-state index < -0.39 is 6.61 Å². The zero-order chi connectivity index (χ0) is 15.8. The molecule has 0 radical (unpaired) electrons. The molecule has 126 valence electrons. The van der Waals surface area contributed by atoms with E-state index in [0.717, 1.165) is 5.69 Å². The minimum atomic E-state index is -2.86. The molecule has 0 bridgehead atoms. The summed E-state index contributed by atoms with van der Waals surface area (Å²) in [5, 5.41) is 9.81. The number of aliphatic imine (C=N–C) groups is 1. The number of aromatic nitrogens is 1. The minimum Gasteiger partial charge on any atom is -0.434 e. The van der Waals surface area contributed by atoms with Gasteiger partial charge in [0.05, 0.1) is 6.54 Å². The van der Waals surface area contributed by atoms with Crippen LogP contribution in [0.1, 0.15) is 11.3 Å². The topological polar surface area (TPSA) is 71.7 Å². The van der Waals surface area contributed by atoms with E-state index in [1.807, 2.05) is 0 Å². The van der Waals surface area contributed by atoms with Gasteiger partial charge in [-0.1, -0.05) is 23.4 Å². The maximum absolute atomic E-state index is 12.3. The van der Waals surface area contributed by atoms with Gasteiger partial charge in [0.2, 0.25) is 0 Å². The van der Waals surface area contributed by atoms with Crippen LogP contribution in [0.3, 0.4) is 0 Å². The molecule has 9 heteroatoms. The highest BCUT2D eigenvalue weighted by Gasteiger charge is 2.09. The fraction of sp³-hybridized carbons (Fsp3) is 0.286. The molecule has 0 aliphatic rings. The highest BCUT2D eigenvalue weighted by atomic mass is 127. The van der Waals surface area contributed by atoms with Crippen molar-refractivity contribution in [2.75, 3.05) is 7.05 Å². The molecule has 1 heterocycles. The van der Waals surface area contributed by atoms with Crippen LogP contribution < -0.4 is 15.4 Å². The summed E-state index contributed by atoms with van der Waals surface area (Å²) >= 11 is 0. The highest BCUT2D eigenvalue weighted by Crippen LogP contribution is 2.19. The van der Waals surface area contributed by atoms with Crippen LogP contribution in [0.15, 0.2) is 46.1 Å². The molecular formula is C14H17F2IN4O2. The quantitative estimate of drug-likeness (QED) is 0.413. The van der Waals surface area contributed by atoms with E-state index in [0.29, 0.717) is 24.6 Å². The van der Waals surface area contributed by atoms with Crippen LogP contribution in [-0.4, -0.2) is 24.8 Å². The smallest absolute Gasteiger partial charge is 0.387 e. The van der Waals surface area contributed by atoms with Crippen molar-refractivity contribution in [3.8, 4) is 5.75 Å². The lowest BCUT2D eigenvalue weighted by Gasteiger charge is -2.13. The molecule has 2 aromatic rings. The molecule has 2 N–H and O–H groups in total. The van der Waals surface area contributed by atoms with Gasteiger partial charge >= 0.3 is 6.61 Å². The van der Waals surface area contributed by atoms with Gasteiger partial charge in [0.1, 0.15) is 17.7 Å². The Labute approximate surface area is 149 Å². The summed E-state index contributed by atoms with van der Waals surface area (Å²) in [4.78, 5) is 4.04. The van der Waals surface area contributed by atoms with E-state index in [2.05, 4.69) is 25.5 Å². The van der Waals surface area contributed by atoms with Gasteiger partial charge in [-0.3, -0.25) is 4.99 Å². The van der Waals surface area contributed by atoms with Gasteiger partial charge < -0.3 is 19.9 Å². The highest BCUT2D eigenvalue weighted by molar-refractivity contribution is 14.0. The Hall–Kier alpha value is -1.91. The zero-order valence-electron chi connectivity index (χ0n) is 12.3. The van der Waals surface area contributed by atoms with Crippen molar-refractivity contribution in [2.24, 2.45) is 4.99 Å². The average Bonchev–Trinajstić information content (AvgIpc) is 3.01. The van der Waals surface area contributed by atoms with Crippen molar-refractivity contribution in [3.63, 3.8) is 0 Å². The largest absolute Gasteiger partial charge is 0.434 e. The predicted octanol–water partition coefficient (Wildman–Crippen LogP) is 2.76. The van der Waals surface area contributed by atoms with Crippen LogP contribution in [0.25, 0.3) is 0 Å². The molecule has 0 unspecified atom stereocenters. The van der Waals surface area contributed by atoms with Crippen LogP contribution in [0.2, 0.25) is 0 Å². The maximum atomic E-state index is 12.3. The Morgan fingerprint density at radius 3 is 2.65 bits per heavy atom. The third-order valence-electron chi connectivity index (χ3n) is 2.79. The van der Waals surface area contributed by atoms with Crippen LogP contribution in [0, 0.1) is 0 Å². The molecule has 0 fully saturated rings. The predicted molar refractivity (Wildman–Crippen MR) is 92.0 cm³/mol. The Balaban J connectivity index is 0.00000264. The summed E-state index contributed by atoms with van der Waals surface area (Å²) in [6.45, 7) is -2.13. The Kier molecular flexibility index (Phi) is 8.30. The lowest BCUT2D eigenvalue weighted by molar-refractivity contribution is -0.0504. The van der Waals surface area contributed by atoms with E-state index >= 15 is 0 Å². The third kappa shape index (κ3) is 6.38. The molecular weight excluding hydrogens is 421 g/mol. The number of nitrogens with one attached hydrogen (secondary N) is 2. The molecule has 0 aliphatic heterocycles. The fourth-order valence-corrected chi connectivity index (χ4v) is 1.76. The van der Waals surface area contributed by atoms with Crippen LogP contribution >= 0.6 is 24.0 Å². The molecule has 0 spiro atoms. The fourth-order valence-electron chi connectivity index (χ4n) is 1.76. The monoisotopic (exact) mass is 438 g/mol. The third-order valence-corrected chi connectivity index (χ3v) is 2.79. The lowest BCUT2D eigenvalue weighted by atomic mass is 10.2. The number of nitrogens with zero attached hydrogens (tertiary/aromatic N) is 2. The number of halogens is 3. The number of alkyl halides is 2. The van der Waals surface area contributed by atoms with E-state index in [9.17, 15) is 8.78 Å². The number of para-hydroxylation sites is 1. The minimum absolute atomic E-state index is 0. The van der Waals surface area contributed by atoms with Gasteiger partial charge in [0.15, 0.2) is 5.96 Å². The van der Waals surface area contributed by atoms with Crippen LogP contribution in [0.5, 0.6) is 5.75 Å². The van der Waals surface area contributed by atoms with Gasteiger partial charge in [-0.05, 0) is 6.07 Å². The van der Waals surface area contributed by atoms with Gasteiger partial charge in [-0.15, -0.1) is 24.0 Å². The Morgan fingerprint density at radius 1 is 1.26 bits per heavy atom. The van der Waals surface area contributed by atoms with Gasteiger partial charge in [0, 0.05) is 25.2 Å².